The topological polar surface area (TPSA) is 33.0 Å². The molecular formula is C27H35NO. The third-order valence-electron chi connectivity index (χ3n) is 6.21. The molecule has 0 aliphatic heterocycles. The van der Waals surface area contributed by atoms with Crippen LogP contribution in [0.5, 0.6) is 5.75 Å². The van der Waals surface area contributed by atoms with Crippen molar-refractivity contribution in [1.82, 2.24) is 0 Å². The van der Waals surface area contributed by atoms with Crippen molar-refractivity contribution in [2.75, 3.05) is 6.61 Å². The van der Waals surface area contributed by atoms with Gasteiger partial charge in [-0.3, -0.25) is 0 Å². The molecule has 0 atom stereocenters. The third kappa shape index (κ3) is 6.64. The van der Waals surface area contributed by atoms with Gasteiger partial charge in [-0.05, 0) is 54.0 Å². The van der Waals surface area contributed by atoms with Crippen LogP contribution < -0.4 is 4.74 Å². The summed E-state index contributed by atoms with van der Waals surface area (Å²) in [7, 11) is 0. The van der Waals surface area contributed by atoms with E-state index in [1.165, 1.54) is 69.8 Å². The summed E-state index contributed by atoms with van der Waals surface area (Å²) >= 11 is 0. The molecule has 1 saturated carbocycles. The van der Waals surface area contributed by atoms with Crippen LogP contribution in [0.3, 0.4) is 0 Å². The lowest BCUT2D eigenvalue weighted by atomic mass is 9.85. The Morgan fingerprint density at radius 1 is 0.931 bits per heavy atom. The molecule has 0 amide bonds. The van der Waals surface area contributed by atoms with Gasteiger partial charge in [-0.1, -0.05) is 88.6 Å². The molecule has 154 valence electrons. The summed E-state index contributed by atoms with van der Waals surface area (Å²) in [5, 5.41) is 9.54. The number of nitrogens with zero attached hydrogens (tertiary/aromatic N) is 1. The predicted octanol–water partition coefficient (Wildman–Crippen LogP) is 7.70. The molecule has 0 saturated heterocycles. The minimum Gasteiger partial charge on any atom is -0.492 e. The quantitative estimate of drug-likeness (QED) is 0.390. The fraction of sp³-hybridized carbons (Fsp3) is 0.519. The highest BCUT2D eigenvalue weighted by molar-refractivity contribution is 5.67. The molecule has 2 aromatic rings. The molecule has 2 heteroatoms. The molecule has 0 radical (unpaired) electrons. The summed E-state index contributed by atoms with van der Waals surface area (Å²) in [5.74, 6) is 1.63. The molecule has 0 heterocycles. The lowest BCUT2D eigenvalue weighted by molar-refractivity contribution is 0.304. The lowest BCUT2D eigenvalue weighted by Gasteiger charge is -2.21. The molecule has 2 nitrogen and oxygen atoms in total. The summed E-state index contributed by atoms with van der Waals surface area (Å²) in [6, 6.07) is 17.2. The Bertz CT molecular complexity index is 781. The standard InChI is InChI=1S/C27H35NO/c1-2-3-4-8-19-29-27-18-17-25(20-26(27)21-28)24-15-13-23(14-16-24)12-11-22-9-6-5-7-10-22/h13-18,20,22H,2-12,19H2,1H3. The molecule has 0 bridgehead atoms. The number of rotatable bonds is 10. The van der Waals surface area contributed by atoms with E-state index in [-0.39, 0.29) is 0 Å². The zero-order valence-corrected chi connectivity index (χ0v) is 18.0. The Balaban J connectivity index is 1.57. The van der Waals surface area contributed by atoms with Gasteiger partial charge in [0.2, 0.25) is 0 Å². The second-order valence-electron chi connectivity index (χ2n) is 8.47. The van der Waals surface area contributed by atoms with E-state index in [0.717, 1.165) is 23.5 Å². The van der Waals surface area contributed by atoms with Crippen molar-refractivity contribution < 1.29 is 4.74 Å². The largest absolute Gasteiger partial charge is 0.492 e. The van der Waals surface area contributed by atoms with E-state index in [2.05, 4.69) is 43.3 Å². The minimum atomic E-state index is 0.624. The molecule has 29 heavy (non-hydrogen) atoms. The molecule has 1 aliphatic rings. The first-order chi connectivity index (χ1) is 14.3. The average Bonchev–Trinajstić information content (AvgIpc) is 2.78. The van der Waals surface area contributed by atoms with Gasteiger partial charge >= 0.3 is 0 Å². The highest BCUT2D eigenvalue weighted by Crippen LogP contribution is 2.29. The number of aryl methyl sites for hydroxylation is 1. The molecule has 0 aromatic heterocycles. The first-order valence-corrected chi connectivity index (χ1v) is 11.6. The van der Waals surface area contributed by atoms with Crippen molar-refractivity contribution >= 4 is 0 Å². The third-order valence-corrected chi connectivity index (χ3v) is 6.21. The van der Waals surface area contributed by atoms with Gasteiger partial charge in [-0.15, -0.1) is 0 Å². The number of benzene rings is 2. The molecular weight excluding hydrogens is 354 g/mol. The van der Waals surface area contributed by atoms with Crippen LogP contribution in [0.4, 0.5) is 0 Å². The zero-order valence-electron chi connectivity index (χ0n) is 18.0. The molecule has 0 spiro atoms. The number of ether oxygens (including phenoxy) is 1. The van der Waals surface area contributed by atoms with Gasteiger partial charge < -0.3 is 4.74 Å². The van der Waals surface area contributed by atoms with Crippen LogP contribution in [-0.4, -0.2) is 6.61 Å². The summed E-state index contributed by atoms with van der Waals surface area (Å²) < 4.78 is 5.85. The second-order valence-corrected chi connectivity index (χ2v) is 8.47. The van der Waals surface area contributed by atoms with Gasteiger partial charge in [-0.25, -0.2) is 0 Å². The maximum Gasteiger partial charge on any atom is 0.137 e. The van der Waals surface area contributed by atoms with Crippen LogP contribution in [0.1, 0.15) is 82.3 Å². The number of hydrogen-bond donors (Lipinski definition) is 0. The van der Waals surface area contributed by atoms with Crippen LogP contribution in [-0.2, 0) is 6.42 Å². The Labute approximate surface area is 176 Å². The normalized spacial score (nSPS) is 14.5. The van der Waals surface area contributed by atoms with E-state index in [0.29, 0.717) is 17.9 Å². The SMILES string of the molecule is CCCCCCOc1ccc(-c2ccc(CCC3CCCCC3)cc2)cc1C#N. The molecule has 1 fully saturated rings. The van der Waals surface area contributed by atoms with Crippen molar-refractivity contribution in [3.8, 4) is 22.9 Å². The minimum absolute atomic E-state index is 0.624. The van der Waals surface area contributed by atoms with E-state index >= 15 is 0 Å². The van der Waals surface area contributed by atoms with Crippen LogP contribution in [0.25, 0.3) is 11.1 Å². The predicted molar refractivity (Wildman–Crippen MR) is 121 cm³/mol. The summed E-state index contributed by atoms with van der Waals surface area (Å²) in [6.45, 7) is 2.89. The molecule has 0 unspecified atom stereocenters. The summed E-state index contributed by atoms with van der Waals surface area (Å²) in [6.07, 6.45) is 14.3. The lowest BCUT2D eigenvalue weighted by Crippen LogP contribution is -2.07. The van der Waals surface area contributed by atoms with Crippen molar-refractivity contribution in [2.24, 2.45) is 5.92 Å². The van der Waals surface area contributed by atoms with Crippen LogP contribution in [0.2, 0.25) is 0 Å². The maximum absolute atomic E-state index is 9.54. The second kappa shape index (κ2) is 11.7. The first kappa shape index (κ1) is 21.4. The van der Waals surface area contributed by atoms with Crippen LogP contribution >= 0.6 is 0 Å². The Hall–Kier alpha value is -2.27. The Morgan fingerprint density at radius 3 is 2.41 bits per heavy atom. The zero-order chi connectivity index (χ0) is 20.3. The number of nitriles is 1. The van der Waals surface area contributed by atoms with Gasteiger partial charge in [0.25, 0.3) is 0 Å². The first-order valence-electron chi connectivity index (χ1n) is 11.6. The van der Waals surface area contributed by atoms with Crippen molar-refractivity contribution in [3.05, 3.63) is 53.6 Å². The highest BCUT2D eigenvalue weighted by Gasteiger charge is 2.13. The van der Waals surface area contributed by atoms with E-state index < -0.39 is 0 Å². The number of hydrogen-bond acceptors (Lipinski definition) is 2. The monoisotopic (exact) mass is 389 g/mol. The Morgan fingerprint density at radius 2 is 1.69 bits per heavy atom. The van der Waals surface area contributed by atoms with Gasteiger partial charge in [0, 0.05) is 0 Å². The van der Waals surface area contributed by atoms with Crippen LogP contribution in [0.15, 0.2) is 42.5 Å². The molecule has 1 aliphatic carbocycles. The highest BCUT2D eigenvalue weighted by atomic mass is 16.5. The van der Waals surface area contributed by atoms with Crippen LogP contribution in [0, 0.1) is 17.2 Å². The smallest absolute Gasteiger partial charge is 0.137 e. The molecule has 2 aromatic carbocycles. The van der Waals surface area contributed by atoms with Crippen molar-refractivity contribution in [2.45, 2.75) is 77.6 Å². The van der Waals surface area contributed by atoms with E-state index in [9.17, 15) is 5.26 Å². The molecule has 0 N–H and O–H groups in total. The number of unbranched alkanes of at least 4 members (excludes halogenated alkanes) is 3. The summed E-state index contributed by atoms with van der Waals surface area (Å²) in [5.41, 5.74) is 4.29. The Kier molecular flexibility index (Phi) is 8.62. The maximum atomic E-state index is 9.54. The van der Waals surface area contributed by atoms with E-state index in [4.69, 9.17) is 4.74 Å². The average molecular weight is 390 g/mol. The van der Waals surface area contributed by atoms with E-state index in [1.54, 1.807) is 0 Å². The summed E-state index contributed by atoms with van der Waals surface area (Å²) in [4.78, 5) is 0. The fourth-order valence-electron chi connectivity index (χ4n) is 4.34. The van der Waals surface area contributed by atoms with Gasteiger partial charge in [0.05, 0.1) is 12.2 Å². The molecule has 3 rings (SSSR count). The van der Waals surface area contributed by atoms with E-state index in [1.807, 2.05) is 12.1 Å². The van der Waals surface area contributed by atoms with Gasteiger partial charge in [-0.2, -0.15) is 5.26 Å². The fourth-order valence-corrected chi connectivity index (χ4v) is 4.34. The van der Waals surface area contributed by atoms with Crippen molar-refractivity contribution in [1.29, 1.82) is 5.26 Å². The van der Waals surface area contributed by atoms with Gasteiger partial charge in [0.1, 0.15) is 11.8 Å². The van der Waals surface area contributed by atoms with Gasteiger partial charge in [0.15, 0.2) is 0 Å². The van der Waals surface area contributed by atoms with Crippen molar-refractivity contribution in [3.63, 3.8) is 0 Å².